The smallest absolute Gasteiger partial charge is 0.251 e. The van der Waals surface area contributed by atoms with E-state index in [4.69, 9.17) is 10.5 Å². The minimum atomic E-state index is -0.0556. The molecule has 104 valence electrons. The van der Waals surface area contributed by atoms with Crippen LogP contribution in [0.1, 0.15) is 42.5 Å². The fourth-order valence-corrected chi connectivity index (χ4v) is 2.61. The van der Waals surface area contributed by atoms with Gasteiger partial charge in [-0.25, -0.2) is 0 Å². The van der Waals surface area contributed by atoms with Crippen molar-refractivity contribution in [3.8, 4) is 5.75 Å². The first kappa shape index (κ1) is 13.7. The molecule has 0 atom stereocenters. The lowest BCUT2D eigenvalue weighted by molar-refractivity contribution is 0.0943. The Morgan fingerprint density at radius 1 is 1.37 bits per heavy atom. The molecule has 0 unspecified atom stereocenters. The van der Waals surface area contributed by atoms with Crippen molar-refractivity contribution in [3.05, 3.63) is 23.8 Å². The highest BCUT2D eigenvalue weighted by Crippen LogP contribution is 2.24. The molecule has 0 bridgehead atoms. The maximum atomic E-state index is 12.0. The number of nitrogens with two attached hydrogens (primary N) is 1. The summed E-state index contributed by atoms with van der Waals surface area (Å²) in [6, 6.07) is 5.13. The molecule has 4 heteroatoms. The summed E-state index contributed by atoms with van der Waals surface area (Å²) in [4.78, 5) is 12.0. The monoisotopic (exact) mass is 262 g/mol. The molecular formula is C15H22N2O2. The van der Waals surface area contributed by atoms with Crippen LogP contribution in [0.5, 0.6) is 5.75 Å². The molecule has 2 rings (SSSR count). The predicted octanol–water partition coefficient (Wildman–Crippen LogP) is 2.59. The van der Waals surface area contributed by atoms with Crippen LogP contribution in [0.3, 0.4) is 0 Å². The lowest BCUT2D eigenvalue weighted by Gasteiger charge is -2.21. The first-order valence-electron chi connectivity index (χ1n) is 6.92. The average molecular weight is 262 g/mol. The number of rotatable bonds is 4. The zero-order chi connectivity index (χ0) is 13.7. The zero-order valence-corrected chi connectivity index (χ0v) is 11.4. The minimum absolute atomic E-state index is 0.0556. The Bertz CT molecular complexity index is 440. The van der Waals surface area contributed by atoms with Gasteiger partial charge in [-0.1, -0.05) is 19.3 Å². The lowest BCUT2D eigenvalue weighted by Crippen LogP contribution is -2.30. The molecule has 0 spiro atoms. The normalized spacial score (nSPS) is 16.1. The molecule has 1 saturated carbocycles. The lowest BCUT2D eigenvalue weighted by atomic mass is 9.89. The van der Waals surface area contributed by atoms with Crippen molar-refractivity contribution >= 4 is 11.6 Å². The van der Waals surface area contributed by atoms with Gasteiger partial charge >= 0.3 is 0 Å². The van der Waals surface area contributed by atoms with Crippen LogP contribution in [0.15, 0.2) is 18.2 Å². The van der Waals surface area contributed by atoms with Gasteiger partial charge in [0.05, 0.1) is 12.8 Å². The molecule has 0 aromatic heterocycles. The molecule has 4 nitrogen and oxygen atoms in total. The van der Waals surface area contributed by atoms with Crippen molar-refractivity contribution in [1.82, 2.24) is 5.32 Å². The summed E-state index contributed by atoms with van der Waals surface area (Å²) >= 11 is 0. The van der Waals surface area contributed by atoms with Gasteiger partial charge < -0.3 is 15.8 Å². The summed E-state index contributed by atoms with van der Waals surface area (Å²) in [6.45, 7) is 0.769. The first-order chi connectivity index (χ1) is 9.20. The minimum Gasteiger partial charge on any atom is -0.495 e. The standard InChI is InChI=1S/C15H22N2O2/c1-19-14-8-7-12(9-13(14)16)15(18)17-10-11-5-3-2-4-6-11/h7-9,11H,2-6,10,16H2,1H3,(H,17,18). The Hall–Kier alpha value is -1.71. The molecule has 0 aliphatic heterocycles. The molecular weight excluding hydrogens is 240 g/mol. The van der Waals surface area contributed by atoms with E-state index in [1.807, 2.05) is 0 Å². The average Bonchev–Trinajstić information content (AvgIpc) is 2.45. The van der Waals surface area contributed by atoms with E-state index in [-0.39, 0.29) is 5.91 Å². The van der Waals surface area contributed by atoms with Crippen molar-refractivity contribution < 1.29 is 9.53 Å². The first-order valence-corrected chi connectivity index (χ1v) is 6.92. The predicted molar refractivity (Wildman–Crippen MR) is 76.3 cm³/mol. The molecule has 3 N–H and O–H groups in total. The SMILES string of the molecule is COc1ccc(C(=O)NCC2CCCCC2)cc1N. The van der Waals surface area contributed by atoms with Gasteiger partial charge in [0.25, 0.3) is 5.91 Å². The van der Waals surface area contributed by atoms with Crippen LogP contribution in [0.2, 0.25) is 0 Å². The van der Waals surface area contributed by atoms with Gasteiger partial charge in [0, 0.05) is 12.1 Å². The van der Waals surface area contributed by atoms with Crippen LogP contribution < -0.4 is 15.8 Å². The summed E-state index contributed by atoms with van der Waals surface area (Å²) in [6.07, 6.45) is 6.36. The number of methoxy groups -OCH3 is 1. The number of carbonyl (C=O) groups excluding carboxylic acids is 1. The summed E-state index contributed by atoms with van der Waals surface area (Å²) in [5.74, 6) is 1.18. The summed E-state index contributed by atoms with van der Waals surface area (Å²) < 4.78 is 5.08. The van der Waals surface area contributed by atoms with Crippen molar-refractivity contribution in [1.29, 1.82) is 0 Å². The van der Waals surface area contributed by atoms with Crippen molar-refractivity contribution in [2.75, 3.05) is 19.4 Å². The van der Waals surface area contributed by atoms with Crippen LogP contribution in [-0.4, -0.2) is 19.6 Å². The number of carbonyl (C=O) groups is 1. The number of nitrogen functional groups attached to an aromatic ring is 1. The van der Waals surface area contributed by atoms with Gasteiger partial charge in [-0.15, -0.1) is 0 Å². The van der Waals surface area contributed by atoms with Crippen LogP contribution in [0, 0.1) is 5.92 Å². The third kappa shape index (κ3) is 3.63. The fourth-order valence-electron chi connectivity index (χ4n) is 2.61. The Morgan fingerprint density at radius 3 is 2.74 bits per heavy atom. The number of amides is 1. The van der Waals surface area contributed by atoms with E-state index in [1.54, 1.807) is 25.3 Å². The molecule has 1 aromatic carbocycles. The highest BCUT2D eigenvalue weighted by molar-refractivity contribution is 5.95. The molecule has 0 heterocycles. The maximum Gasteiger partial charge on any atom is 0.251 e. The third-order valence-electron chi connectivity index (χ3n) is 3.77. The highest BCUT2D eigenvalue weighted by Gasteiger charge is 2.15. The number of nitrogens with one attached hydrogen (secondary N) is 1. The second-order valence-corrected chi connectivity index (χ2v) is 5.17. The molecule has 0 saturated heterocycles. The topological polar surface area (TPSA) is 64.3 Å². The van der Waals surface area contributed by atoms with Crippen LogP contribution in [0.4, 0.5) is 5.69 Å². The summed E-state index contributed by atoms with van der Waals surface area (Å²) in [7, 11) is 1.56. The van der Waals surface area contributed by atoms with Crippen LogP contribution in [-0.2, 0) is 0 Å². The van der Waals surface area contributed by atoms with Gasteiger partial charge in [-0.3, -0.25) is 4.79 Å². The van der Waals surface area contributed by atoms with E-state index < -0.39 is 0 Å². The van der Waals surface area contributed by atoms with Gasteiger partial charge in [0.15, 0.2) is 0 Å². The molecule has 1 aliphatic rings. The highest BCUT2D eigenvalue weighted by atomic mass is 16.5. The van der Waals surface area contributed by atoms with E-state index in [2.05, 4.69) is 5.32 Å². The van der Waals surface area contributed by atoms with Crippen molar-refractivity contribution in [2.24, 2.45) is 5.92 Å². The van der Waals surface area contributed by atoms with Crippen LogP contribution in [0.25, 0.3) is 0 Å². The van der Waals surface area contributed by atoms with Gasteiger partial charge in [-0.05, 0) is 37.0 Å². The zero-order valence-electron chi connectivity index (χ0n) is 11.4. The number of ether oxygens (including phenoxy) is 1. The van der Waals surface area contributed by atoms with Gasteiger partial charge in [0.1, 0.15) is 5.75 Å². The van der Waals surface area contributed by atoms with E-state index >= 15 is 0 Å². The van der Waals surface area contributed by atoms with E-state index in [1.165, 1.54) is 32.1 Å². The van der Waals surface area contributed by atoms with Gasteiger partial charge in [-0.2, -0.15) is 0 Å². The summed E-state index contributed by atoms with van der Waals surface area (Å²) in [5, 5.41) is 3.00. The molecule has 1 amide bonds. The Labute approximate surface area is 114 Å². The largest absolute Gasteiger partial charge is 0.495 e. The second-order valence-electron chi connectivity index (χ2n) is 5.17. The van der Waals surface area contributed by atoms with Crippen LogP contribution >= 0.6 is 0 Å². The van der Waals surface area contributed by atoms with Crippen molar-refractivity contribution in [2.45, 2.75) is 32.1 Å². The molecule has 19 heavy (non-hydrogen) atoms. The third-order valence-corrected chi connectivity index (χ3v) is 3.77. The van der Waals surface area contributed by atoms with Crippen molar-refractivity contribution in [3.63, 3.8) is 0 Å². The van der Waals surface area contributed by atoms with Gasteiger partial charge in [0.2, 0.25) is 0 Å². The second kappa shape index (κ2) is 6.45. The molecule has 0 radical (unpaired) electrons. The number of anilines is 1. The Kier molecular flexibility index (Phi) is 4.66. The fraction of sp³-hybridized carbons (Fsp3) is 0.533. The van der Waals surface area contributed by atoms with E-state index in [0.717, 1.165) is 6.54 Å². The Balaban J connectivity index is 1.90. The summed E-state index contributed by atoms with van der Waals surface area (Å²) in [5.41, 5.74) is 6.89. The molecule has 1 fully saturated rings. The Morgan fingerprint density at radius 2 is 2.11 bits per heavy atom. The molecule has 1 aromatic rings. The number of benzene rings is 1. The molecule has 1 aliphatic carbocycles. The quantitative estimate of drug-likeness (QED) is 0.820. The van der Waals surface area contributed by atoms with E-state index in [0.29, 0.717) is 22.9 Å². The number of hydrogen-bond acceptors (Lipinski definition) is 3. The van der Waals surface area contributed by atoms with E-state index in [9.17, 15) is 4.79 Å². The number of hydrogen-bond donors (Lipinski definition) is 2. The maximum absolute atomic E-state index is 12.0.